The topological polar surface area (TPSA) is 50.2 Å². The van der Waals surface area contributed by atoms with Gasteiger partial charge in [-0.3, -0.25) is 9.78 Å². The van der Waals surface area contributed by atoms with Crippen LogP contribution in [0.25, 0.3) is 12.2 Å². The Bertz CT molecular complexity index is 592. The van der Waals surface area contributed by atoms with E-state index in [0.717, 1.165) is 11.3 Å². The van der Waals surface area contributed by atoms with Crippen molar-refractivity contribution in [3.63, 3.8) is 0 Å². The summed E-state index contributed by atoms with van der Waals surface area (Å²) < 4.78 is 0. The van der Waals surface area contributed by atoms with E-state index in [2.05, 4.69) is 4.98 Å². The van der Waals surface area contributed by atoms with Gasteiger partial charge >= 0.3 is 0 Å². The molecule has 0 bridgehead atoms. The van der Waals surface area contributed by atoms with Crippen LogP contribution in [-0.4, -0.2) is 10.1 Å². The summed E-state index contributed by atoms with van der Waals surface area (Å²) in [5, 5.41) is 9.24. The van der Waals surface area contributed by atoms with Crippen LogP contribution in [0.4, 0.5) is 0 Å². The van der Waals surface area contributed by atoms with Gasteiger partial charge in [-0.1, -0.05) is 24.3 Å². The first-order valence-corrected chi connectivity index (χ1v) is 5.18. The van der Waals surface area contributed by atoms with E-state index in [-0.39, 0.29) is 11.2 Å². The molecule has 84 valence electrons. The Labute approximate surface area is 98.7 Å². The van der Waals surface area contributed by atoms with Gasteiger partial charge in [0.1, 0.15) is 0 Å². The molecule has 3 heteroatoms. The highest BCUT2D eigenvalue weighted by Gasteiger charge is 1.92. The lowest BCUT2D eigenvalue weighted by Gasteiger charge is -1.90. The lowest BCUT2D eigenvalue weighted by molar-refractivity contribution is 0.471. The molecule has 1 aromatic heterocycles. The van der Waals surface area contributed by atoms with Gasteiger partial charge in [-0.05, 0) is 35.9 Å². The fraction of sp³-hybridized carbons (Fsp3) is 0. The molecule has 0 aliphatic carbocycles. The van der Waals surface area contributed by atoms with Gasteiger partial charge in [-0.25, -0.2) is 0 Å². The molecule has 2 rings (SSSR count). The van der Waals surface area contributed by atoms with Gasteiger partial charge in [0.25, 0.3) is 0 Å². The molecular weight excluding hydrogens is 214 g/mol. The van der Waals surface area contributed by atoms with Gasteiger partial charge < -0.3 is 5.11 Å². The zero-order valence-electron chi connectivity index (χ0n) is 9.08. The van der Waals surface area contributed by atoms with Crippen molar-refractivity contribution >= 4 is 12.2 Å². The van der Waals surface area contributed by atoms with Gasteiger partial charge in [0.05, 0.1) is 5.69 Å². The third-order valence-corrected chi connectivity index (χ3v) is 2.25. The standard InChI is InChI=1S/C14H11NO2/c16-13-8-5-11(6-9-14(13)17)4-7-12-3-1-2-10-15-12/h1-10H,(H,16,17)/b7-4+. The Morgan fingerprint density at radius 1 is 1.00 bits per heavy atom. The minimum atomic E-state index is -0.387. The van der Waals surface area contributed by atoms with Crippen LogP contribution >= 0.6 is 0 Å². The number of pyridine rings is 1. The van der Waals surface area contributed by atoms with E-state index < -0.39 is 0 Å². The number of aromatic hydroxyl groups is 1. The van der Waals surface area contributed by atoms with Crippen molar-refractivity contribution in [2.45, 2.75) is 0 Å². The molecule has 0 saturated heterocycles. The molecule has 0 unspecified atom stereocenters. The van der Waals surface area contributed by atoms with Crippen molar-refractivity contribution < 1.29 is 5.11 Å². The Kier molecular flexibility index (Phi) is 3.31. The van der Waals surface area contributed by atoms with Crippen LogP contribution in [-0.2, 0) is 0 Å². The summed E-state index contributed by atoms with van der Waals surface area (Å²) >= 11 is 0. The summed E-state index contributed by atoms with van der Waals surface area (Å²) in [4.78, 5) is 15.3. The minimum Gasteiger partial charge on any atom is -0.504 e. The quantitative estimate of drug-likeness (QED) is 0.853. The zero-order valence-corrected chi connectivity index (χ0v) is 9.08. The molecule has 1 heterocycles. The lowest BCUT2D eigenvalue weighted by atomic mass is 10.2. The SMILES string of the molecule is O=c1ccc(/C=C/c2ccccn2)ccc1O. The maximum atomic E-state index is 11.2. The van der Waals surface area contributed by atoms with Crippen molar-refractivity contribution in [3.05, 3.63) is 70.1 Å². The molecular formula is C14H11NO2. The fourth-order valence-electron chi connectivity index (χ4n) is 1.34. The fourth-order valence-corrected chi connectivity index (χ4v) is 1.34. The third-order valence-electron chi connectivity index (χ3n) is 2.25. The number of hydrogen-bond donors (Lipinski definition) is 1. The maximum absolute atomic E-state index is 11.2. The Morgan fingerprint density at radius 2 is 1.82 bits per heavy atom. The highest BCUT2D eigenvalue weighted by atomic mass is 16.3. The molecule has 1 N–H and O–H groups in total. The van der Waals surface area contributed by atoms with Gasteiger partial charge in [-0.2, -0.15) is 0 Å². The molecule has 0 aliphatic heterocycles. The van der Waals surface area contributed by atoms with E-state index in [1.54, 1.807) is 18.3 Å². The van der Waals surface area contributed by atoms with Crippen molar-refractivity contribution in [3.8, 4) is 5.75 Å². The number of nitrogens with zero attached hydrogens (tertiary/aromatic N) is 1. The monoisotopic (exact) mass is 225 g/mol. The molecule has 0 radical (unpaired) electrons. The first kappa shape index (κ1) is 11.1. The lowest BCUT2D eigenvalue weighted by Crippen LogP contribution is -1.91. The Morgan fingerprint density at radius 3 is 2.59 bits per heavy atom. The molecule has 3 nitrogen and oxygen atoms in total. The van der Waals surface area contributed by atoms with E-state index in [0.29, 0.717) is 0 Å². The molecule has 0 amide bonds. The van der Waals surface area contributed by atoms with Crippen LogP contribution in [0, 0.1) is 0 Å². The summed E-state index contributed by atoms with van der Waals surface area (Å²) in [7, 11) is 0. The van der Waals surface area contributed by atoms with E-state index >= 15 is 0 Å². The van der Waals surface area contributed by atoms with Gasteiger partial charge in [0.15, 0.2) is 5.75 Å². The number of rotatable bonds is 2. The van der Waals surface area contributed by atoms with Crippen LogP contribution in [0.15, 0.2) is 53.5 Å². The zero-order chi connectivity index (χ0) is 12.1. The second kappa shape index (κ2) is 5.07. The average Bonchev–Trinajstić information content (AvgIpc) is 2.52. The summed E-state index contributed by atoms with van der Waals surface area (Å²) in [5.41, 5.74) is 1.28. The molecule has 17 heavy (non-hydrogen) atoms. The third kappa shape index (κ3) is 3.01. The van der Waals surface area contributed by atoms with Crippen LogP contribution < -0.4 is 5.43 Å². The second-order valence-electron chi connectivity index (χ2n) is 3.50. The molecule has 0 spiro atoms. The van der Waals surface area contributed by atoms with E-state index in [9.17, 15) is 9.90 Å². The second-order valence-corrected chi connectivity index (χ2v) is 3.50. The van der Waals surface area contributed by atoms with Crippen molar-refractivity contribution in [1.82, 2.24) is 4.98 Å². The van der Waals surface area contributed by atoms with Crippen molar-refractivity contribution in [2.75, 3.05) is 0 Å². The van der Waals surface area contributed by atoms with E-state index in [1.807, 2.05) is 30.4 Å². The largest absolute Gasteiger partial charge is 0.504 e. The first-order chi connectivity index (χ1) is 8.25. The first-order valence-electron chi connectivity index (χ1n) is 5.18. The van der Waals surface area contributed by atoms with Crippen LogP contribution in [0.1, 0.15) is 11.3 Å². The molecule has 1 aromatic carbocycles. The highest BCUT2D eigenvalue weighted by Crippen LogP contribution is 2.06. The van der Waals surface area contributed by atoms with Gasteiger partial charge in [0.2, 0.25) is 5.43 Å². The van der Waals surface area contributed by atoms with Crippen molar-refractivity contribution in [2.24, 2.45) is 0 Å². The van der Waals surface area contributed by atoms with Gasteiger partial charge in [0, 0.05) is 6.20 Å². The normalized spacial score (nSPS) is 10.6. The maximum Gasteiger partial charge on any atom is 0.220 e. The number of aromatic nitrogens is 1. The Hall–Kier alpha value is -2.42. The van der Waals surface area contributed by atoms with Crippen LogP contribution in [0.3, 0.4) is 0 Å². The Balaban J connectivity index is 2.29. The molecule has 0 fully saturated rings. The summed E-state index contributed by atoms with van der Waals surface area (Å²) in [6, 6.07) is 11.7. The molecule has 0 atom stereocenters. The molecule has 0 aliphatic rings. The van der Waals surface area contributed by atoms with E-state index in [1.165, 1.54) is 12.1 Å². The smallest absolute Gasteiger partial charge is 0.220 e. The summed E-state index contributed by atoms with van der Waals surface area (Å²) in [6.07, 6.45) is 5.39. The summed E-state index contributed by atoms with van der Waals surface area (Å²) in [6.45, 7) is 0. The number of hydrogen-bond acceptors (Lipinski definition) is 3. The molecule has 0 saturated carbocycles. The average molecular weight is 225 g/mol. The summed E-state index contributed by atoms with van der Waals surface area (Å²) in [5.74, 6) is -0.248. The predicted molar refractivity (Wildman–Crippen MR) is 67.5 cm³/mol. The van der Waals surface area contributed by atoms with Crippen molar-refractivity contribution in [1.29, 1.82) is 0 Å². The molecule has 2 aromatic rings. The van der Waals surface area contributed by atoms with Crippen LogP contribution in [0.5, 0.6) is 5.75 Å². The predicted octanol–water partition coefficient (Wildman–Crippen LogP) is 2.32. The van der Waals surface area contributed by atoms with E-state index in [4.69, 9.17) is 0 Å². The van der Waals surface area contributed by atoms with Crippen LogP contribution in [0.2, 0.25) is 0 Å². The minimum absolute atomic E-state index is 0.248. The van der Waals surface area contributed by atoms with Gasteiger partial charge in [-0.15, -0.1) is 0 Å². The highest BCUT2D eigenvalue weighted by molar-refractivity contribution is 5.67.